The number of esters is 1. The molecule has 0 bridgehead atoms. The van der Waals surface area contributed by atoms with Gasteiger partial charge in [-0.25, -0.2) is 0 Å². The molecular formula is C21H31NO4. The van der Waals surface area contributed by atoms with E-state index in [9.17, 15) is 4.79 Å². The molecule has 5 heteroatoms. The fourth-order valence-corrected chi connectivity index (χ4v) is 4.67. The number of hydrogen-bond donors (Lipinski definition) is 0. The van der Waals surface area contributed by atoms with Gasteiger partial charge in [0.15, 0.2) is 11.5 Å². The van der Waals surface area contributed by atoms with Crippen LogP contribution in [0.15, 0.2) is 12.1 Å². The van der Waals surface area contributed by atoms with Crippen LogP contribution in [0.2, 0.25) is 0 Å². The molecule has 3 rings (SSSR count). The summed E-state index contributed by atoms with van der Waals surface area (Å²) in [6, 6.07) is 4.73. The first-order valence-corrected chi connectivity index (χ1v) is 9.69. The van der Waals surface area contributed by atoms with Crippen LogP contribution in [0.3, 0.4) is 0 Å². The SMILES string of the molecule is CC[C@H]1CN2CCc3cc(OC)c(OC)cc3[C@@H]2C[C@@H]1CCOC(C)=O. The van der Waals surface area contributed by atoms with E-state index in [2.05, 4.69) is 24.0 Å². The first-order chi connectivity index (χ1) is 12.6. The van der Waals surface area contributed by atoms with Crippen molar-refractivity contribution in [3.8, 4) is 11.5 Å². The lowest BCUT2D eigenvalue weighted by atomic mass is 9.74. The molecule has 26 heavy (non-hydrogen) atoms. The summed E-state index contributed by atoms with van der Waals surface area (Å²) in [7, 11) is 3.39. The van der Waals surface area contributed by atoms with Crippen molar-refractivity contribution in [3.63, 3.8) is 0 Å². The molecule has 1 saturated heterocycles. The van der Waals surface area contributed by atoms with Gasteiger partial charge in [0.1, 0.15) is 0 Å². The molecule has 0 aromatic heterocycles. The second-order valence-corrected chi connectivity index (χ2v) is 7.46. The van der Waals surface area contributed by atoms with Gasteiger partial charge in [0.2, 0.25) is 0 Å². The van der Waals surface area contributed by atoms with Gasteiger partial charge in [-0.3, -0.25) is 9.69 Å². The fraction of sp³-hybridized carbons (Fsp3) is 0.667. The van der Waals surface area contributed by atoms with E-state index in [1.807, 2.05) is 0 Å². The molecule has 1 aromatic rings. The zero-order chi connectivity index (χ0) is 18.7. The number of benzene rings is 1. The van der Waals surface area contributed by atoms with E-state index in [0.29, 0.717) is 24.5 Å². The standard InChI is InChI=1S/C21H31NO4/c1-5-15-13-22-8-6-17-11-20(24-3)21(25-4)12-18(17)19(22)10-16(15)7-9-26-14(2)23/h11-12,15-16,19H,5-10,13H2,1-4H3/t15-,16-,19-/m0/s1. The predicted octanol–water partition coefficient (Wildman–Crippen LogP) is 3.60. The Morgan fingerprint density at radius 2 is 1.92 bits per heavy atom. The molecular weight excluding hydrogens is 330 g/mol. The first kappa shape index (κ1) is 19.0. The Balaban J connectivity index is 1.82. The van der Waals surface area contributed by atoms with Crippen molar-refractivity contribution < 1.29 is 19.0 Å². The average molecular weight is 361 g/mol. The molecule has 5 nitrogen and oxygen atoms in total. The van der Waals surface area contributed by atoms with Gasteiger partial charge in [0, 0.05) is 26.1 Å². The van der Waals surface area contributed by atoms with Crippen LogP contribution < -0.4 is 9.47 Å². The molecule has 0 N–H and O–H groups in total. The van der Waals surface area contributed by atoms with Crippen molar-refractivity contribution in [1.29, 1.82) is 0 Å². The lowest BCUT2D eigenvalue weighted by molar-refractivity contribution is -0.141. The number of carbonyl (C=O) groups excluding carboxylic acids is 1. The Bertz CT molecular complexity index is 645. The summed E-state index contributed by atoms with van der Waals surface area (Å²) < 4.78 is 16.2. The van der Waals surface area contributed by atoms with Crippen LogP contribution in [0.5, 0.6) is 11.5 Å². The quantitative estimate of drug-likeness (QED) is 0.725. The van der Waals surface area contributed by atoms with Gasteiger partial charge in [-0.2, -0.15) is 0 Å². The molecule has 0 unspecified atom stereocenters. The fourth-order valence-electron chi connectivity index (χ4n) is 4.67. The predicted molar refractivity (Wildman–Crippen MR) is 101 cm³/mol. The van der Waals surface area contributed by atoms with Crippen molar-refractivity contribution in [1.82, 2.24) is 4.90 Å². The Hall–Kier alpha value is -1.75. The topological polar surface area (TPSA) is 48.0 Å². The lowest BCUT2D eigenvalue weighted by Crippen LogP contribution is -2.46. The highest BCUT2D eigenvalue weighted by atomic mass is 16.5. The average Bonchev–Trinajstić information content (AvgIpc) is 2.65. The van der Waals surface area contributed by atoms with Crippen LogP contribution in [0.4, 0.5) is 0 Å². The number of hydrogen-bond acceptors (Lipinski definition) is 5. The summed E-state index contributed by atoms with van der Waals surface area (Å²) in [5, 5.41) is 0. The molecule has 3 atom stereocenters. The Kier molecular flexibility index (Phi) is 6.07. The van der Waals surface area contributed by atoms with Crippen molar-refractivity contribution in [2.24, 2.45) is 11.8 Å². The van der Waals surface area contributed by atoms with Crippen LogP contribution >= 0.6 is 0 Å². The number of carbonyl (C=O) groups is 1. The second kappa shape index (κ2) is 8.30. The van der Waals surface area contributed by atoms with Gasteiger partial charge in [0.05, 0.1) is 20.8 Å². The molecule has 1 fully saturated rings. The molecule has 1 aromatic carbocycles. The zero-order valence-electron chi connectivity index (χ0n) is 16.4. The summed E-state index contributed by atoms with van der Waals surface area (Å²) in [6.45, 7) is 6.51. The van der Waals surface area contributed by atoms with Crippen molar-refractivity contribution in [2.75, 3.05) is 33.9 Å². The Morgan fingerprint density at radius 1 is 1.19 bits per heavy atom. The Labute approximate surface area is 156 Å². The molecule has 2 aliphatic heterocycles. The van der Waals surface area contributed by atoms with Crippen molar-refractivity contribution in [3.05, 3.63) is 23.3 Å². The summed E-state index contributed by atoms with van der Waals surface area (Å²) in [5.74, 6) is 2.69. The second-order valence-electron chi connectivity index (χ2n) is 7.46. The third kappa shape index (κ3) is 3.83. The van der Waals surface area contributed by atoms with Crippen molar-refractivity contribution in [2.45, 2.75) is 45.6 Å². The van der Waals surface area contributed by atoms with E-state index < -0.39 is 0 Å². The van der Waals surface area contributed by atoms with Gasteiger partial charge >= 0.3 is 5.97 Å². The van der Waals surface area contributed by atoms with E-state index in [4.69, 9.17) is 14.2 Å². The molecule has 144 valence electrons. The third-order valence-electron chi connectivity index (χ3n) is 6.09. The number of methoxy groups -OCH3 is 2. The minimum Gasteiger partial charge on any atom is -0.493 e. The summed E-state index contributed by atoms with van der Waals surface area (Å²) in [4.78, 5) is 13.7. The van der Waals surface area contributed by atoms with Crippen LogP contribution in [0.25, 0.3) is 0 Å². The smallest absolute Gasteiger partial charge is 0.302 e. The van der Waals surface area contributed by atoms with Gasteiger partial charge in [-0.15, -0.1) is 0 Å². The van der Waals surface area contributed by atoms with Crippen LogP contribution in [-0.2, 0) is 16.0 Å². The van der Waals surface area contributed by atoms with Gasteiger partial charge in [0.25, 0.3) is 0 Å². The third-order valence-corrected chi connectivity index (χ3v) is 6.09. The maximum absolute atomic E-state index is 11.1. The molecule has 0 saturated carbocycles. The van der Waals surface area contributed by atoms with E-state index in [0.717, 1.165) is 43.9 Å². The minimum absolute atomic E-state index is 0.185. The van der Waals surface area contributed by atoms with Crippen LogP contribution in [-0.4, -0.2) is 44.8 Å². The Morgan fingerprint density at radius 3 is 2.58 bits per heavy atom. The highest BCUT2D eigenvalue weighted by molar-refractivity contribution is 5.65. The highest BCUT2D eigenvalue weighted by Crippen LogP contribution is 2.45. The number of nitrogens with zero attached hydrogens (tertiary/aromatic N) is 1. The monoisotopic (exact) mass is 361 g/mol. The van der Waals surface area contributed by atoms with E-state index in [1.165, 1.54) is 24.5 Å². The molecule has 2 aliphatic rings. The first-order valence-electron chi connectivity index (χ1n) is 9.69. The normalized spacial score (nSPS) is 25.2. The molecule has 0 aliphatic carbocycles. The molecule has 0 spiro atoms. The highest BCUT2D eigenvalue weighted by Gasteiger charge is 2.38. The largest absolute Gasteiger partial charge is 0.493 e. The summed E-state index contributed by atoms with van der Waals surface area (Å²) >= 11 is 0. The number of ether oxygens (including phenoxy) is 3. The van der Waals surface area contributed by atoms with Gasteiger partial charge < -0.3 is 14.2 Å². The van der Waals surface area contributed by atoms with E-state index in [1.54, 1.807) is 14.2 Å². The van der Waals surface area contributed by atoms with E-state index >= 15 is 0 Å². The molecule has 0 radical (unpaired) electrons. The van der Waals surface area contributed by atoms with Crippen molar-refractivity contribution >= 4 is 5.97 Å². The lowest BCUT2D eigenvalue weighted by Gasteiger charge is -2.47. The molecule has 0 amide bonds. The number of rotatable bonds is 6. The van der Waals surface area contributed by atoms with Crippen LogP contribution in [0, 0.1) is 11.8 Å². The van der Waals surface area contributed by atoms with E-state index in [-0.39, 0.29) is 5.97 Å². The maximum atomic E-state index is 11.1. The summed E-state index contributed by atoms with van der Waals surface area (Å²) in [6.07, 6.45) is 4.29. The molecule has 2 heterocycles. The number of piperidine rings is 1. The van der Waals surface area contributed by atoms with Crippen LogP contribution in [0.1, 0.15) is 50.3 Å². The number of fused-ring (bicyclic) bond motifs is 3. The van der Waals surface area contributed by atoms with Gasteiger partial charge in [-0.1, -0.05) is 13.3 Å². The maximum Gasteiger partial charge on any atom is 0.302 e. The minimum atomic E-state index is -0.185. The van der Waals surface area contributed by atoms with Gasteiger partial charge in [-0.05, 0) is 54.4 Å². The summed E-state index contributed by atoms with van der Waals surface area (Å²) in [5.41, 5.74) is 2.75. The zero-order valence-corrected chi connectivity index (χ0v) is 16.4.